The molecule has 2 N–H and O–H groups in total. The fourth-order valence-corrected chi connectivity index (χ4v) is 2.58. The number of rotatable bonds is 4. The van der Waals surface area contributed by atoms with Gasteiger partial charge >= 0.3 is 0 Å². The first-order valence-electron chi connectivity index (χ1n) is 6.14. The Bertz CT molecular complexity index is 543. The van der Waals surface area contributed by atoms with Crippen molar-refractivity contribution in [1.29, 1.82) is 0 Å². The van der Waals surface area contributed by atoms with Gasteiger partial charge < -0.3 is 10.3 Å². The van der Waals surface area contributed by atoms with Crippen molar-refractivity contribution in [3.8, 4) is 0 Å². The van der Waals surface area contributed by atoms with Crippen molar-refractivity contribution < 1.29 is 4.79 Å². The Morgan fingerprint density at radius 2 is 2.28 bits per heavy atom. The van der Waals surface area contributed by atoms with Crippen LogP contribution >= 0.6 is 11.8 Å². The zero-order valence-electron chi connectivity index (χ0n) is 10.1. The van der Waals surface area contributed by atoms with Crippen molar-refractivity contribution >= 4 is 28.7 Å². The van der Waals surface area contributed by atoms with Crippen molar-refractivity contribution in [3.63, 3.8) is 0 Å². The quantitative estimate of drug-likeness (QED) is 0.830. The zero-order valence-corrected chi connectivity index (χ0v) is 11.0. The Hall–Kier alpha value is -1.49. The number of benzene rings is 1. The molecule has 1 aromatic carbocycles. The number of nitrogens with zero attached hydrogens (tertiary/aromatic N) is 1. The normalized spacial score (nSPS) is 16.7. The highest BCUT2D eigenvalue weighted by Crippen LogP contribution is 2.25. The molecule has 0 radical (unpaired) electrons. The Kier molecular flexibility index (Phi) is 2.99. The third-order valence-corrected chi connectivity index (χ3v) is 3.93. The van der Waals surface area contributed by atoms with E-state index in [1.807, 2.05) is 31.2 Å². The third kappa shape index (κ3) is 2.51. The highest BCUT2D eigenvalue weighted by atomic mass is 32.2. The van der Waals surface area contributed by atoms with Crippen molar-refractivity contribution in [2.24, 2.45) is 0 Å². The Morgan fingerprint density at radius 1 is 1.50 bits per heavy atom. The number of hydrogen-bond acceptors (Lipinski definition) is 3. The summed E-state index contributed by atoms with van der Waals surface area (Å²) in [7, 11) is 0. The van der Waals surface area contributed by atoms with Gasteiger partial charge in [-0.2, -0.15) is 0 Å². The summed E-state index contributed by atoms with van der Waals surface area (Å²) in [4.78, 5) is 19.5. The summed E-state index contributed by atoms with van der Waals surface area (Å²) < 4.78 is 0. The Morgan fingerprint density at radius 3 is 3.00 bits per heavy atom. The molecule has 1 atom stereocenters. The number of hydrogen-bond donors (Lipinski definition) is 2. The molecule has 18 heavy (non-hydrogen) atoms. The number of fused-ring (bicyclic) bond motifs is 1. The smallest absolute Gasteiger partial charge is 0.233 e. The largest absolute Gasteiger partial charge is 0.352 e. The minimum absolute atomic E-state index is 0.1000. The van der Waals surface area contributed by atoms with Gasteiger partial charge in [0.25, 0.3) is 0 Å². The fourth-order valence-electron chi connectivity index (χ4n) is 1.75. The number of para-hydroxylation sites is 2. The first-order valence-corrected chi connectivity index (χ1v) is 7.02. The highest BCUT2D eigenvalue weighted by Gasteiger charge is 2.26. The molecule has 1 saturated carbocycles. The second kappa shape index (κ2) is 4.65. The number of aromatic amines is 1. The lowest BCUT2D eigenvalue weighted by molar-refractivity contribution is -0.120. The van der Waals surface area contributed by atoms with E-state index in [2.05, 4.69) is 15.3 Å². The number of nitrogens with one attached hydrogen (secondary N) is 2. The average molecular weight is 261 g/mol. The summed E-state index contributed by atoms with van der Waals surface area (Å²) in [6, 6.07) is 8.29. The van der Waals surface area contributed by atoms with Gasteiger partial charge in [0.05, 0.1) is 16.3 Å². The molecule has 0 saturated heterocycles. The molecule has 5 heteroatoms. The van der Waals surface area contributed by atoms with Gasteiger partial charge in [-0.1, -0.05) is 23.9 Å². The summed E-state index contributed by atoms with van der Waals surface area (Å²) >= 11 is 1.47. The minimum Gasteiger partial charge on any atom is -0.352 e. The zero-order chi connectivity index (χ0) is 12.5. The van der Waals surface area contributed by atoms with Crippen LogP contribution in [0.25, 0.3) is 11.0 Å². The Balaban J connectivity index is 1.68. The van der Waals surface area contributed by atoms with E-state index in [-0.39, 0.29) is 11.2 Å². The second-order valence-corrected chi connectivity index (χ2v) is 5.93. The van der Waals surface area contributed by atoms with Gasteiger partial charge in [-0.05, 0) is 31.9 Å². The van der Waals surface area contributed by atoms with Crippen molar-refractivity contribution in [1.82, 2.24) is 15.3 Å². The van der Waals surface area contributed by atoms with Gasteiger partial charge in [0.15, 0.2) is 5.16 Å². The van der Waals surface area contributed by atoms with Crippen molar-refractivity contribution in [2.45, 2.75) is 36.2 Å². The molecule has 1 unspecified atom stereocenters. The van der Waals surface area contributed by atoms with E-state index in [1.54, 1.807) is 0 Å². The van der Waals surface area contributed by atoms with E-state index in [0.717, 1.165) is 29.0 Å². The van der Waals surface area contributed by atoms with Crippen LogP contribution in [0.15, 0.2) is 29.4 Å². The first kappa shape index (κ1) is 11.6. The molecule has 0 spiro atoms. The molecular weight excluding hydrogens is 246 g/mol. The van der Waals surface area contributed by atoms with Crippen LogP contribution in [0.2, 0.25) is 0 Å². The van der Waals surface area contributed by atoms with E-state index in [0.29, 0.717) is 6.04 Å². The first-order chi connectivity index (χ1) is 8.72. The van der Waals surface area contributed by atoms with E-state index in [9.17, 15) is 4.79 Å². The number of carbonyl (C=O) groups is 1. The van der Waals surface area contributed by atoms with Crippen LogP contribution in [0.4, 0.5) is 0 Å². The van der Waals surface area contributed by atoms with Crippen LogP contribution in [0, 0.1) is 0 Å². The molecule has 0 bridgehead atoms. The van der Waals surface area contributed by atoms with Crippen LogP contribution in [0.3, 0.4) is 0 Å². The van der Waals surface area contributed by atoms with Crippen molar-refractivity contribution in [2.75, 3.05) is 0 Å². The van der Waals surface area contributed by atoms with Gasteiger partial charge in [-0.15, -0.1) is 0 Å². The maximum atomic E-state index is 11.8. The monoisotopic (exact) mass is 261 g/mol. The predicted molar refractivity (Wildman–Crippen MR) is 72.6 cm³/mol. The average Bonchev–Trinajstić information content (AvgIpc) is 3.07. The number of aromatic nitrogens is 2. The van der Waals surface area contributed by atoms with E-state index < -0.39 is 0 Å². The van der Waals surface area contributed by atoms with Gasteiger partial charge in [0.1, 0.15) is 0 Å². The molecular formula is C13H15N3OS. The molecule has 1 heterocycles. The lowest BCUT2D eigenvalue weighted by Gasteiger charge is -2.09. The molecule has 2 aromatic rings. The van der Waals surface area contributed by atoms with E-state index >= 15 is 0 Å². The fraction of sp³-hybridized carbons (Fsp3) is 0.385. The van der Waals surface area contributed by atoms with E-state index in [4.69, 9.17) is 0 Å². The molecule has 1 aromatic heterocycles. The maximum Gasteiger partial charge on any atom is 0.233 e. The minimum atomic E-state index is -0.119. The van der Waals surface area contributed by atoms with Crippen LogP contribution < -0.4 is 5.32 Å². The van der Waals surface area contributed by atoms with E-state index in [1.165, 1.54) is 11.8 Å². The SMILES string of the molecule is CC(Sc1nc2ccccc2[nH]1)C(=O)NC1CC1. The van der Waals surface area contributed by atoms with Crippen molar-refractivity contribution in [3.05, 3.63) is 24.3 Å². The van der Waals surface area contributed by atoms with Gasteiger partial charge in [0, 0.05) is 6.04 Å². The maximum absolute atomic E-state index is 11.8. The van der Waals surface area contributed by atoms with Gasteiger partial charge in [0.2, 0.25) is 5.91 Å². The Labute approximate surface area is 110 Å². The van der Waals surface area contributed by atoms with Crippen LogP contribution in [-0.2, 0) is 4.79 Å². The third-order valence-electron chi connectivity index (χ3n) is 2.95. The molecule has 1 fully saturated rings. The molecule has 1 aliphatic carbocycles. The molecule has 0 aliphatic heterocycles. The molecule has 1 aliphatic rings. The highest BCUT2D eigenvalue weighted by molar-refractivity contribution is 8.00. The molecule has 1 amide bonds. The van der Waals surface area contributed by atoms with Gasteiger partial charge in [-0.3, -0.25) is 4.79 Å². The summed E-state index contributed by atoms with van der Waals surface area (Å²) in [5, 5.41) is 3.69. The number of carbonyl (C=O) groups excluding carboxylic acids is 1. The topological polar surface area (TPSA) is 57.8 Å². The van der Waals surface area contributed by atoms with Crippen LogP contribution in [0.5, 0.6) is 0 Å². The predicted octanol–water partition coefficient (Wildman–Crippen LogP) is 2.32. The number of thioether (sulfide) groups is 1. The number of H-pyrrole nitrogens is 1. The molecule has 4 nitrogen and oxygen atoms in total. The van der Waals surface area contributed by atoms with Crippen LogP contribution in [0.1, 0.15) is 19.8 Å². The summed E-state index contributed by atoms with van der Waals surface area (Å²) in [5.74, 6) is 0.1000. The summed E-state index contributed by atoms with van der Waals surface area (Å²) in [5.41, 5.74) is 1.95. The molecule has 3 rings (SSSR count). The molecule has 94 valence electrons. The standard InChI is InChI=1S/C13H15N3OS/c1-8(12(17)14-9-6-7-9)18-13-15-10-4-2-3-5-11(10)16-13/h2-5,8-9H,6-7H2,1H3,(H,14,17)(H,15,16). The van der Waals surface area contributed by atoms with Gasteiger partial charge in [-0.25, -0.2) is 4.98 Å². The van der Waals surface area contributed by atoms with Crippen LogP contribution in [-0.4, -0.2) is 27.2 Å². The number of imidazole rings is 1. The summed E-state index contributed by atoms with van der Waals surface area (Å²) in [6.07, 6.45) is 2.24. The number of amides is 1. The lowest BCUT2D eigenvalue weighted by Crippen LogP contribution is -2.32. The summed E-state index contributed by atoms with van der Waals surface area (Å²) in [6.45, 7) is 1.91. The second-order valence-electron chi connectivity index (χ2n) is 4.60. The lowest BCUT2D eigenvalue weighted by atomic mass is 10.3.